The number of benzene rings is 1. The van der Waals surface area contributed by atoms with Gasteiger partial charge in [-0.3, -0.25) is 16.0 Å². The van der Waals surface area contributed by atoms with Gasteiger partial charge in [-0.2, -0.15) is 0 Å². The van der Waals surface area contributed by atoms with E-state index in [0.29, 0.717) is 11.4 Å². The zero-order valence-electron chi connectivity index (χ0n) is 9.60. The molecule has 3 N–H and O–H groups in total. The summed E-state index contributed by atoms with van der Waals surface area (Å²) < 4.78 is 0. The van der Waals surface area contributed by atoms with Crippen molar-refractivity contribution in [1.29, 1.82) is 0 Å². The Morgan fingerprint density at radius 3 is 2.56 bits per heavy atom. The summed E-state index contributed by atoms with van der Waals surface area (Å²) in [5.74, 6) is 5.26. The number of nitro groups is 1. The minimum Gasteiger partial charge on any atom is -0.367 e. The van der Waals surface area contributed by atoms with Crippen LogP contribution in [0, 0.1) is 10.1 Å². The van der Waals surface area contributed by atoms with E-state index in [1.165, 1.54) is 0 Å². The van der Waals surface area contributed by atoms with E-state index < -0.39 is 4.92 Å². The lowest BCUT2D eigenvalue weighted by Gasteiger charge is -2.23. The SMILES string of the molecule is CC(C)N(C)c1cccc(NN)c1[N+](=O)[O-]. The van der Waals surface area contributed by atoms with E-state index in [1.807, 2.05) is 25.8 Å². The van der Waals surface area contributed by atoms with Crippen LogP contribution in [0.4, 0.5) is 17.1 Å². The van der Waals surface area contributed by atoms with Gasteiger partial charge in [-0.25, -0.2) is 0 Å². The maximum atomic E-state index is 11.0. The minimum absolute atomic E-state index is 0.00111. The zero-order chi connectivity index (χ0) is 12.3. The molecule has 1 rings (SSSR count). The number of nitro benzene ring substituents is 1. The molecule has 0 aliphatic carbocycles. The quantitative estimate of drug-likeness (QED) is 0.462. The number of nitrogens with one attached hydrogen (secondary N) is 1. The lowest BCUT2D eigenvalue weighted by Crippen LogP contribution is -2.26. The monoisotopic (exact) mass is 224 g/mol. The second-order valence-corrected chi connectivity index (χ2v) is 3.78. The lowest BCUT2D eigenvalue weighted by atomic mass is 10.2. The Morgan fingerprint density at radius 2 is 2.12 bits per heavy atom. The summed E-state index contributed by atoms with van der Waals surface area (Å²) in [6, 6.07) is 5.19. The van der Waals surface area contributed by atoms with Crippen LogP contribution < -0.4 is 16.2 Å². The number of hydrogen-bond donors (Lipinski definition) is 2. The van der Waals surface area contributed by atoms with Crippen LogP contribution in [0.25, 0.3) is 0 Å². The van der Waals surface area contributed by atoms with E-state index in [1.54, 1.807) is 18.2 Å². The fourth-order valence-electron chi connectivity index (χ4n) is 1.40. The Balaban J connectivity index is 3.33. The molecule has 0 fully saturated rings. The molecule has 0 amide bonds. The summed E-state index contributed by atoms with van der Waals surface area (Å²) in [4.78, 5) is 12.4. The standard InChI is InChI=1S/C10H16N4O2/c1-7(2)13(3)9-6-4-5-8(12-11)10(9)14(15)16/h4-7,12H,11H2,1-3H3. The average Bonchev–Trinajstić information content (AvgIpc) is 2.26. The molecule has 0 atom stereocenters. The third kappa shape index (κ3) is 2.22. The molecule has 1 aromatic carbocycles. The number of anilines is 2. The lowest BCUT2D eigenvalue weighted by molar-refractivity contribution is -0.383. The van der Waals surface area contributed by atoms with Gasteiger partial charge in [0.1, 0.15) is 11.4 Å². The molecule has 0 heterocycles. The van der Waals surface area contributed by atoms with Gasteiger partial charge < -0.3 is 10.3 Å². The third-order valence-corrected chi connectivity index (χ3v) is 2.51. The van der Waals surface area contributed by atoms with Crippen molar-refractivity contribution >= 4 is 17.1 Å². The molecule has 0 aromatic heterocycles. The van der Waals surface area contributed by atoms with Gasteiger partial charge in [-0.05, 0) is 26.0 Å². The van der Waals surface area contributed by atoms with Gasteiger partial charge in [0.2, 0.25) is 0 Å². The van der Waals surface area contributed by atoms with Gasteiger partial charge >= 0.3 is 5.69 Å². The molecule has 0 bridgehead atoms. The number of hydrazine groups is 1. The van der Waals surface area contributed by atoms with Crippen molar-refractivity contribution in [3.8, 4) is 0 Å². The highest BCUT2D eigenvalue weighted by molar-refractivity contribution is 5.76. The van der Waals surface area contributed by atoms with Gasteiger partial charge in [0.25, 0.3) is 0 Å². The second-order valence-electron chi connectivity index (χ2n) is 3.78. The molecule has 0 radical (unpaired) electrons. The second kappa shape index (κ2) is 4.80. The first-order valence-corrected chi connectivity index (χ1v) is 4.96. The van der Waals surface area contributed by atoms with Crippen LogP contribution in [0.15, 0.2) is 18.2 Å². The number of nitrogens with two attached hydrogens (primary N) is 1. The van der Waals surface area contributed by atoms with Gasteiger partial charge in [0.05, 0.1) is 4.92 Å². The smallest absolute Gasteiger partial charge is 0.316 e. The molecule has 1 aromatic rings. The van der Waals surface area contributed by atoms with Crippen molar-refractivity contribution in [2.45, 2.75) is 19.9 Å². The Kier molecular flexibility index (Phi) is 3.68. The Morgan fingerprint density at radius 1 is 1.50 bits per heavy atom. The van der Waals surface area contributed by atoms with Crippen molar-refractivity contribution in [2.24, 2.45) is 5.84 Å². The predicted octanol–water partition coefficient (Wildman–Crippen LogP) is 1.72. The molecule has 0 spiro atoms. The molecular weight excluding hydrogens is 208 g/mol. The van der Waals surface area contributed by atoms with Crippen LogP contribution in [-0.2, 0) is 0 Å². The van der Waals surface area contributed by atoms with Crippen LogP contribution >= 0.6 is 0 Å². The van der Waals surface area contributed by atoms with Gasteiger partial charge in [0, 0.05) is 13.1 Å². The van der Waals surface area contributed by atoms with Crippen molar-refractivity contribution in [2.75, 3.05) is 17.4 Å². The first-order chi connectivity index (χ1) is 7.49. The van der Waals surface area contributed by atoms with Crippen molar-refractivity contribution in [3.05, 3.63) is 28.3 Å². The van der Waals surface area contributed by atoms with Crippen LogP contribution in [0.1, 0.15) is 13.8 Å². The Bertz CT molecular complexity index is 392. The van der Waals surface area contributed by atoms with Crippen molar-refractivity contribution in [1.82, 2.24) is 0 Å². The van der Waals surface area contributed by atoms with E-state index in [0.717, 1.165) is 0 Å². The van der Waals surface area contributed by atoms with Crippen LogP contribution in [-0.4, -0.2) is 18.0 Å². The fraction of sp³-hybridized carbons (Fsp3) is 0.400. The maximum absolute atomic E-state index is 11.0. The molecular formula is C10H16N4O2. The highest BCUT2D eigenvalue weighted by atomic mass is 16.6. The minimum atomic E-state index is -0.427. The van der Waals surface area contributed by atoms with E-state index in [9.17, 15) is 10.1 Å². The molecule has 16 heavy (non-hydrogen) atoms. The number of nitrogens with zero attached hydrogens (tertiary/aromatic N) is 2. The van der Waals surface area contributed by atoms with E-state index in [-0.39, 0.29) is 11.7 Å². The molecule has 88 valence electrons. The van der Waals surface area contributed by atoms with E-state index in [2.05, 4.69) is 5.43 Å². The molecule has 0 saturated heterocycles. The predicted molar refractivity (Wildman–Crippen MR) is 64.4 cm³/mol. The number of para-hydroxylation sites is 1. The molecule has 6 heteroatoms. The highest BCUT2D eigenvalue weighted by Crippen LogP contribution is 2.34. The molecule has 0 unspecified atom stereocenters. The number of hydrogen-bond acceptors (Lipinski definition) is 5. The first-order valence-electron chi connectivity index (χ1n) is 4.96. The fourth-order valence-corrected chi connectivity index (χ4v) is 1.40. The van der Waals surface area contributed by atoms with Gasteiger partial charge in [-0.1, -0.05) is 6.07 Å². The Hall–Kier alpha value is -1.82. The summed E-state index contributed by atoms with van der Waals surface area (Å²) >= 11 is 0. The molecule has 0 saturated carbocycles. The normalized spacial score (nSPS) is 10.3. The van der Waals surface area contributed by atoms with Gasteiger partial charge in [0.15, 0.2) is 0 Å². The van der Waals surface area contributed by atoms with Crippen molar-refractivity contribution in [3.63, 3.8) is 0 Å². The Labute approximate surface area is 94.2 Å². The van der Waals surface area contributed by atoms with Crippen molar-refractivity contribution < 1.29 is 4.92 Å². The molecule has 6 nitrogen and oxygen atoms in total. The highest BCUT2D eigenvalue weighted by Gasteiger charge is 2.22. The van der Waals surface area contributed by atoms with Crippen LogP contribution in [0.3, 0.4) is 0 Å². The molecule has 0 aliphatic rings. The number of rotatable bonds is 4. The van der Waals surface area contributed by atoms with Gasteiger partial charge in [-0.15, -0.1) is 0 Å². The van der Waals surface area contributed by atoms with E-state index in [4.69, 9.17) is 5.84 Å². The average molecular weight is 224 g/mol. The zero-order valence-corrected chi connectivity index (χ0v) is 9.60. The van der Waals surface area contributed by atoms with Crippen LogP contribution in [0.2, 0.25) is 0 Å². The van der Waals surface area contributed by atoms with E-state index >= 15 is 0 Å². The summed E-state index contributed by atoms with van der Waals surface area (Å²) in [7, 11) is 1.81. The largest absolute Gasteiger partial charge is 0.367 e. The summed E-state index contributed by atoms with van der Waals surface area (Å²) in [5, 5.41) is 11.0. The topological polar surface area (TPSA) is 84.4 Å². The molecule has 0 aliphatic heterocycles. The maximum Gasteiger partial charge on any atom is 0.316 e. The first kappa shape index (κ1) is 12.3. The number of nitrogen functional groups attached to an aromatic ring is 1. The summed E-state index contributed by atoms with van der Waals surface area (Å²) in [5.41, 5.74) is 3.21. The summed E-state index contributed by atoms with van der Waals surface area (Å²) in [6.45, 7) is 3.93. The third-order valence-electron chi connectivity index (χ3n) is 2.51. The van der Waals surface area contributed by atoms with Crippen LogP contribution in [0.5, 0.6) is 0 Å². The summed E-state index contributed by atoms with van der Waals surface area (Å²) in [6.07, 6.45) is 0.